The highest BCUT2D eigenvalue weighted by Gasteiger charge is 2.30. The van der Waals surface area contributed by atoms with E-state index in [9.17, 15) is 18.0 Å². The van der Waals surface area contributed by atoms with Crippen LogP contribution >= 0.6 is 0 Å². The number of benzene rings is 2. The largest absolute Gasteiger partial charge is 0.355 e. The Bertz CT molecular complexity index is 1080. The number of hydrogen-bond donors (Lipinski definition) is 1. The van der Waals surface area contributed by atoms with E-state index in [0.29, 0.717) is 12.2 Å². The smallest absolute Gasteiger partial charge is 0.244 e. The second-order valence-electron chi connectivity index (χ2n) is 8.12. The molecule has 2 aromatic carbocycles. The van der Waals surface area contributed by atoms with Crippen molar-refractivity contribution in [3.05, 3.63) is 64.7 Å². The molecule has 0 aliphatic rings. The Morgan fingerprint density at radius 2 is 1.72 bits per heavy atom. The van der Waals surface area contributed by atoms with Crippen LogP contribution in [0.1, 0.15) is 36.1 Å². The summed E-state index contributed by atoms with van der Waals surface area (Å²) in [6.07, 6.45) is 1.08. The van der Waals surface area contributed by atoms with E-state index in [1.165, 1.54) is 4.90 Å². The first-order chi connectivity index (χ1) is 14.9. The highest BCUT2D eigenvalue weighted by Crippen LogP contribution is 2.22. The monoisotopic (exact) mass is 459 g/mol. The fourth-order valence-electron chi connectivity index (χ4n) is 3.41. The molecule has 1 unspecified atom stereocenters. The van der Waals surface area contributed by atoms with Gasteiger partial charge in [-0.1, -0.05) is 35.9 Å². The highest BCUT2D eigenvalue weighted by atomic mass is 32.2. The molecule has 7 nitrogen and oxygen atoms in total. The summed E-state index contributed by atoms with van der Waals surface area (Å²) in [6, 6.07) is 12.2. The van der Waals surface area contributed by atoms with Crippen LogP contribution in [0.25, 0.3) is 0 Å². The molecule has 1 atom stereocenters. The number of carbonyl (C=O) groups excluding carboxylic acids is 2. The first-order valence-electron chi connectivity index (χ1n) is 10.6. The number of rotatable bonds is 9. The van der Waals surface area contributed by atoms with Gasteiger partial charge in [0.2, 0.25) is 21.8 Å². The summed E-state index contributed by atoms with van der Waals surface area (Å²) >= 11 is 0. The van der Waals surface area contributed by atoms with Crippen LogP contribution in [-0.4, -0.2) is 50.5 Å². The van der Waals surface area contributed by atoms with E-state index >= 15 is 0 Å². The average molecular weight is 460 g/mol. The molecule has 0 saturated carbocycles. The molecule has 32 heavy (non-hydrogen) atoms. The molecule has 0 spiro atoms. The summed E-state index contributed by atoms with van der Waals surface area (Å²) in [5.74, 6) is -0.737. The maximum absolute atomic E-state index is 13.4. The van der Waals surface area contributed by atoms with Crippen molar-refractivity contribution < 1.29 is 18.0 Å². The lowest BCUT2D eigenvalue weighted by Crippen LogP contribution is -2.51. The number of nitrogens with one attached hydrogen (secondary N) is 1. The second kappa shape index (κ2) is 10.6. The van der Waals surface area contributed by atoms with E-state index in [1.807, 2.05) is 58.0 Å². The Morgan fingerprint density at radius 1 is 1.03 bits per heavy atom. The summed E-state index contributed by atoms with van der Waals surface area (Å²) in [4.78, 5) is 27.4. The lowest BCUT2D eigenvalue weighted by atomic mass is 10.1. The Balaban J connectivity index is 2.40. The standard InChI is InChI=1S/C24H33N3O4S/c1-7-25-24(29)20(5)26(15-21-10-8-9-17(2)13-21)23(28)16-27(32(6,30)31)22-12-11-18(3)19(4)14-22/h8-14,20H,7,15-16H2,1-6H3,(H,25,29). The third-order valence-corrected chi connectivity index (χ3v) is 6.55. The van der Waals surface area contributed by atoms with Gasteiger partial charge in [0.15, 0.2) is 0 Å². The maximum Gasteiger partial charge on any atom is 0.244 e. The molecule has 2 aromatic rings. The molecule has 1 N–H and O–H groups in total. The van der Waals surface area contributed by atoms with Crippen LogP contribution in [0.4, 0.5) is 5.69 Å². The maximum atomic E-state index is 13.4. The Morgan fingerprint density at radius 3 is 2.28 bits per heavy atom. The van der Waals surface area contributed by atoms with E-state index in [0.717, 1.165) is 32.8 Å². The first kappa shape index (κ1) is 25.4. The molecule has 0 aromatic heterocycles. The number of likely N-dealkylation sites (N-methyl/N-ethyl adjacent to an activating group) is 1. The van der Waals surface area contributed by atoms with E-state index in [4.69, 9.17) is 0 Å². The van der Waals surface area contributed by atoms with Gasteiger partial charge in [0, 0.05) is 13.1 Å². The molecule has 174 valence electrons. The number of hydrogen-bond acceptors (Lipinski definition) is 4. The van der Waals surface area contributed by atoms with Crippen LogP contribution < -0.4 is 9.62 Å². The van der Waals surface area contributed by atoms with Crippen molar-refractivity contribution in [2.45, 2.75) is 47.2 Å². The van der Waals surface area contributed by atoms with Gasteiger partial charge in [-0.3, -0.25) is 13.9 Å². The summed E-state index contributed by atoms with van der Waals surface area (Å²) in [5, 5.41) is 2.74. The normalized spacial score (nSPS) is 12.2. The average Bonchev–Trinajstić information content (AvgIpc) is 2.71. The Labute approximate surface area is 191 Å². The fraction of sp³-hybridized carbons (Fsp3) is 0.417. The van der Waals surface area contributed by atoms with Crippen molar-refractivity contribution in [2.24, 2.45) is 0 Å². The topological polar surface area (TPSA) is 86.8 Å². The van der Waals surface area contributed by atoms with Gasteiger partial charge in [-0.25, -0.2) is 8.42 Å². The number of aryl methyl sites for hydroxylation is 3. The van der Waals surface area contributed by atoms with Crippen LogP contribution in [0.2, 0.25) is 0 Å². The van der Waals surface area contributed by atoms with Crippen LogP contribution in [0.5, 0.6) is 0 Å². The summed E-state index contributed by atoms with van der Waals surface area (Å²) in [7, 11) is -3.73. The lowest BCUT2D eigenvalue weighted by Gasteiger charge is -2.31. The molecular formula is C24H33N3O4S. The van der Waals surface area contributed by atoms with E-state index in [-0.39, 0.29) is 12.5 Å². The zero-order valence-corrected chi connectivity index (χ0v) is 20.5. The first-order valence-corrected chi connectivity index (χ1v) is 12.5. The molecule has 0 saturated heterocycles. The number of anilines is 1. The van der Waals surface area contributed by atoms with Crippen molar-refractivity contribution in [1.82, 2.24) is 10.2 Å². The lowest BCUT2D eigenvalue weighted by molar-refractivity contribution is -0.139. The predicted octanol–water partition coefficient (Wildman–Crippen LogP) is 2.93. The second-order valence-corrected chi connectivity index (χ2v) is 10.0. The van der Waals surface area contributed by atoms with Gasteiger partial charge >= 0.3 is 0 Å². The zero-order chi connectivity index (χ0) is 24.1. The molecular weight excluding hydrogens is 426 g/mol. The Hall–Kier alpha value is -2.87. The van der Waals surface area contributed by atoms with Crippen LogP contribution in [0.15, 0.2) is 42.5 Å². The predicted molar refractivity (Wildman–Crippen MR) is 128 cm³/mol. The van der Waals surface area contributed by atoms with E-state index in [2.05, 4.69) is 5.32 Å². The van der Waals surface area contributed by atoms with Gasteiger partial charge in [0.05, 0.1) is 11.9 Å². The van der Waals surface area contributed by atoms with E-state index in [1.54, 1.807) is 19.1 Å². The van der Waals surface area contributed by atoms with Crippen molar-refractivity contribution >= 4 is 27.5 Å². The molecule has 0 bridgehead atoms. The third kappa shape index (κ3) is 6.56. The van der Waals surface area contributed by atoms with E-state index < -0.39 is 28.5 Å². The molecule has 0 radical (unpaired) electrons. The van der Waals surface area contributed by atoms with Crippen LogP contribution in [-0.2, 0) is 26.2 Å². The molecule has 0 aliphatic carbocycles. The van der Waals surface area contributed by atoms with Crippen LogP contribution in [0, 0.1) is 20.8 Å². The molecule has 2 rings (SSSR count). The Kier molecular flexibility index (Phi) is 8.44. The minimum Gasteiger partial charge on any atom is -0.355 e. The van der Waals surface area contributed by atoms with Crippen molar-refractivity contribution in [3.63, 3.8) is 0 Å². The van der Waals surface area contributed by atoms with Gasteiger partial charge in [-0.05, 0) is 63.4 Å². The van der Waals surface area contributed by atoms with Crippen LogP contribution in [0.3, 0.4) is 0 Å². The SMILES string of the molecule is CCNC(=O)C(C)N(Cc1cccc(C)c1)C(=O)CN(c1ccc(C)c(C)c1)S(C)(=O)=O. The third-order valence-electron chi connectivity index (χ3n) is 5.41. The summed E-state index contributed by atoms with van der Waals surface area (Å²) in [6.45, 7) is 9.49. The van der Waals surface area contributed by atoms with Gasteiger partial charge in [-0.2, -0.15) is 0 Å². The van der Waals surface area contributed by atoms with Crippen molar-refractivity contribution in [2.75, 3.05) is 23.7 Å². The molecule has 0 fully saturated rings. The van der Waals surface area contributed by atoms with Crippen molar-refractivity contribution in [3.8, 4) is 0 Å². The van der Waals surface area contributed by atoms with Gasteiger partial charge < -0.3 is 10.2 Å². The molecule has 0 aliphatic heterocycles. The van der Waals surface area contributed by atoms with Gasteiger partial charge in [0.1, 0.15) is 12.6 Å². The quantitative estimate of drug-likeness (QED) is 0.625. The van der Waals surface area contributed by atoms with Gasteiger partial charge in [0.25, 0.3) is 0 Å². The highest BCUT2D eigenvalue weighted by molar-refractivity contribution is 7.92. The minimum absolute atomic E-state index is 0.198. The minimum atomic E-state index is -3.73. The molecule has 8 heteroatoms. The molecule has 2 amide bonds. The fourth-order valence-corrected chi connectivity index (χ4v) is 4.25. The number of amides is 2. The summed E-state index contributed by atoms with van der Waals surface area (Å²) < 4.78 is 26.2. The van der Waals surface area contributed by atoms with Crippen molar-refractivity contribution in [1.29, 1.82) is 0 Å². The number of sulfonamides is 1. The molecule has 0 heterocycles. The number of nitrogens with zero attached hydrogens (tertiary/aromatic N) is 2. The van der Waals surface area contributed by atoms with Gasteiger partial charge in [-0.15, -0.1) is 0 Å². The number of carbonyl (C=O) groups is 2. The summed E-state index contributed by atoms with van der Waals surface area (Å²) in [5.41, 5.74) is 4.28. The zero-order valence-electron chi connectivity index (χ0n) is 19.7.